The highest BCUT2D eigenvalue weighted by molar-refractivity contribution is 5.75. The van der Waals surface area contributed by atoms with Gasteiger partial charge in [0.2, 0.25) is 0 Å². The number of aromatic nitrogens is 1. The zero-order valence-electron chi connectivity index (χ0n) is 9.77. The summed E-state index contributed by atoms with van der Waals surface area (Å²) < 4.78 is 5.00. The molecule has 0 aliphatic rings. The molecule has 0 fully saturated rings. The Kier molecular flexibility index (Phi) is 4.01. The first-order chi connectivity index (χ1) is 7.38. The van der Waals surface area contributed by atoms with Gasteiger partial charge < -0.3 is 4.74 Å². The molecule has 1 atom stereocenters. The van der Waals surface area contributed by atoms with Crippen LogP contribution in [0.2, 0.25) is 0 Å². The molecule has 16 heavy (non-hydrogen) atoms. The molecule has 1 radical (unpaired) electrons. The largest absolute Gasteiger partial charge is 0.458 e. The van der Waals surface area contributed by atoms with Gasteiger partial charge in [-0.2, -0.15) is 0 Å². The second-order valence-corrected chi connectivity index (χ2v) is 4.59. The van der Waals surface area contributed by atoms with Crippen molar-refractivity contribution in [2.75, 3.05) is 0 Å². The van der Waals surface area contributed by atoms with Gasteiger partial charge in [0.05, 0.1) is 0 Å². The number of hydrogen-bond donors (Lipinski definition) is 0. The summed E-state index contributed by atoms with van der Waals surface area (Å²) in [6, 6.07) is 3.50. The SMILES string of the molecule is CC(C)(C)OC(=O)C([O])Cc1cccnc1. The summed E-state index contributed by atoms with van der Waals surface area (Å²) in [5.41, 5.74) is 0.127. The van der Waals surface area contributed by atoms with Gasteiger partial charge in [-0.15, -0.1) is 0 Å². The smallest absolute Gasteiger partial charge is 0.339 e. The first kappa shape index (κ1) is 12.6. The fraction of sp³-hybridized carbons (Fsp3) is 0.500. The van der Waals surface area contributed by atoms with Gasteiger partial charge in [0.1, 0.15) is 5.60 Å². The molecule has 0 N–H and O–H groups in total. The van der Waals surface area contributed by atoms with Crippen molar-refractivity contribution >= 4 is 5.97 Å². The van der Waals surface area contributed by atoms with Crippen molar-refractivity contribution in [1.82, 2.24) is 4.98 Å². The number of rotatable bonds is 3. The Balaban J connectivity index is 2.53. The van der Waals surface area contributed by atoms with E-state index in [4.69, 9.17) is 4.74 Å². The molecule has 0 aromatic carbocycles. The molecule has 0 amide bonds. The fourth-order valence-corrected chi connectivity index (χ4v) is 1.18. The molecule has 0 spiro atoms. The number of nitrogens with zero attached hydrogens (tertiary/aromatic N) is 1. The standard InChI is InChI=1S/C12H16NO3/c1-12(2,3)16-11(15)10(14)7-9-5-4-6-13-8-9/h4-6,8,10H,7H2,1-3H3. The summed E-state index contributed by atoms with van der Waals surface area (Å²) in [6.07, 6.45) is 1.93. The van der Waals surface area contributed by atoms with E-state index in [1.807, 2.05) is 0 Å². The Morgan fingerprint density at radius 2 is 2.19 bits per heavy atom. The van der Waals surface area contributed by atoms with Gasteiger partial charge in [0, 0.05) is 18.8 Å². The quantitative estimate of drug-likeness (QED) is 0.732. The maximum Gasteiger partial charge on any atom is 0.339 e. The summed E-state index contributed by atoms with van der Waals surface area (Å²) >= 11 is 0. The van der Waals surface area contributed by atoms with Crippen LogP contribution in [0.4, 0.5) is 0 Å². The van der Waals surface area contributed by atoms with Crippen LogP contribution in [-0.2, 0) is 21.1 Å². The lowest BCUT2D eigenvalue weighted by atomic mass is 10.1. The van der Waals surface area contributed by atoms with Crippen molar-refractivity contribution < 1.29 is 14.6 Å². The third kappa shape index (κ3) is 4.40. The molecule has 4 nitrogen and oxygen atoms in total. The number of pyridine rings is 1. The van der Waals surface area contributed by atoms with Gasteiger partial charge in [-0.25, -0.2) is 9.90 Å². The fourth-order valence-electron chi connectivity index (χ4n) is 1.18. The molecule has 0 saturated carbocycles. The van der Waals surface area contributed by atoms with Crippen molar-refractivity contribution in [1.29, 1.82) is 0 Å². The highest BCUT2D eigenvalue weighted by atomic mass is 16.6. The third-order valence-electron chi connectivity index (χ3n) is 1.81. The van der Waals surface area contributed by atoms with Crippen LogP contribution in [0, 0.1) is 0 Å². The molecule has 0 aliphatic carbocycles. The van der Waals surface area contributed by atoms with Crippen LogP contribution in [-0.4, -0.2) is 22.7 Å². The molecule has 4 heteroatoms. The van der Waals surface area contributed by atoms with E-state index < -0.39 is 17.7 Å². The van der Waals surface area contributed by atoms with E-state index in [1.54, 1.807) is 45.3 Å². The number of ether oxygens (including phenoxy) is 1. The molecular formula is C12H16NO3. The van der Waals surface area contributed by atoms with E-state index in [0.29, 0.717) is 0 Å². The van der Waals surface area contributed by atoms with Crippen molar-refractivity contribution in [2.24, 2.45) is 0 Å². The van der Waals surface area contributed by atoms with Crippen molar-refractivity contribution in [3.63, 3.8) is 0 Å². The van der Waals surface area contributed by atoms with Crippen LogP contribution in [0.5, 0.6) is 0 Å². The molecule has 1 aromatic heterocycles. The molecule has 0 bridgehead atoms. The summed E-state index contributed by atoms with van der Waals surface area (Å²) in [4.78, 5) is 15.3. The minimum Gasteiger partial charge on any atom is -0.458 e. The first-order valence-corrected chi connectivity index (χ1v) is 5.16. The van der Waals surface area contributed by atoms with Crippen LogP contribution in [0.3, 0.4) is 0 Å². The van der Waals surface area contributed by atoms with Crippen LogP contribution in [0.25, 0.3) is 0 Å². The maximum absolute atomic E-state index is 11.6. The molecule has 0 aliphatic heterocycles. The zero-order chi connectivity index (χ0) is 12.2. The number of carbonyl (C=O) groups is 1. The van der Waals surface area contributed by atoms with Crippen molar-refractivity contribution in [3.05, 3.63) is 30.1 Å². The van der Waals surface area contributed by atoms with Gasteiger partial charge in [0.15, 0.2) is 6.10 Å². The summed E-state index contributed by atoms with van der Waals surface area (Å²) in [5.74, 6) is -0.712. The Bertz CT molecular complexity index is 343. The van der Waals surface area contributed by atoms with Crippen LogP contribution < -0.4 is 0 Å². The summed E-state index contributed by atoms with van der Waals surface area (Å²) in [6.45, 7) is 5.21. The van der Waals surface area contributed by atoms with Crippen molar-refractivity contribution in [2.45, 2.75) is 38.9 Å². The number of carbonyl (C=O) groups excluding carboxylic acids is 1. The lowest BCUT2D eigenvalue weighted by Crippen LogP contribution is -2.32. The van der Waals surface area contributed by atoms with Crippen LogP contribution in [0.15, 0.2) is 24.5 Å². The van der Waals surface area contributed by atoms with E-state index in [9.17, 15) is 9.90 Å². The second-order valence-electron chi connectivity index (χ2n) is 4.59. The predicted octanol–water partition coefficient (Wildman–Crippen LogP) is 1.76. The number of hydrogen-bond acceptors (Lipinski definition) is 3. The first-order valence-electron chi connectivity index (χ1n) is 5.16. The Morgan fingerprint density at radius 1 is 1.50 bits per heavy atom. The van der Waals surface area contributed by atoms with E-state index in [0.717, 1.165) is 5.56 Å². The Morgan fingerprint density at radius 3 is 2.69 bits per heavy atom. The van der Waals surface area contributed by atoms with E-state index in [-0.39, 0.29) is 6.42 Å². The summed E-state index contributed by atoms with van der Waals surface area (Å²) in [5, 5.41) is 11.6. The van der Waals surface area contributed by atoms with Gasteiger partial charge >= 0.3 is 5.97 Å². The topological polar surface area (TPSA) is 59.1 Å². The third-order valence-corrected chi connectivity index (χ3v) is 1.81. The van der Waals surface area contributed by atoms with Crippen molar-refractivity contribution in [3.8, 4) is 0 Å². The highest BCUT2D eigenvalue weighted by Gasteiger charge is 2.24. The Labute approximate surface area is 95.3 Å². The van der Waals surface area contributed by atoms with Gasteiger partial charge in [-0.1, -0.05) is 6.07 Å². The second kappa shape index (κ2) is 5.07. The molecule has 1 rings (SSSR count). The summed E-state index contributed by atoms with van der Waals surface area (Å²) in [7, 11) is 0. The predicted molar refractivity (Wildman–Crippen MR) is 58.3 cm³/mol. The minimum absolute atomic E-state index is 0.114. The Hall–Kier alpha value is -1.42. The molecule has 87 valence electrons. The normalized spacial score (nSPS) is 13.2. The molecule has 1 unspecified atom stereocenters. The van der Waals surface area contributed by atoms with E-state index in [2.05, 4.69) is 4.98 Å². The average Bonchev–Trinajstić information content (AvgIpc) is 2.16. The minimum atomic E-state index is -1.39. The molecule has 0 saturated heterocycles. The van der Waals surface area contributed by atoms with Gasteiger partial charge in [0.25, 0.3) is 0 Å². The van der Waals surface area contributed by atoms with E-state index >= 15 is 0 Å². The zero-order valence-corrected chi connectivity index (χ0v) is 9.77. The lowest BCUT2D eigenvalue weighted by Gasteiger charge is -2.20. The van der Waals surface area contributed by atoms with Gasteiger partial charge in [-0.3, -0.25) is 4.98 Å². The monoisotopic (exact) mass is 222 g/mol. The lowest BCUT2D eigenvalue weighted by molar-refractivity contribution is -0.168. The molecular weight excluding hydrogens is 206 g/mol. The maximum atomic E-state index is 11.6. The average molecular weight is 222 g/mol. The van der Waals surface area contributed by atoms with Gasteiger partial charge in [-0.05, 0) is 32.4 Å². The molecule has 1 aromatic rings. The van der Waals surface area contributed by atoms with Crippen LogP contribution in [0.1, 0.15) is 26.3 Å². The number of esters is 1. The highest BCUT2D eigenvalue weighted by Crippen LogP contribution is 2.11. The molecule has 1 heterocycles. The van der Waals surface area contributed by atoms with Crippen LogP contribution >= 0.6 is 0 Å². The van der Waals surface area contributed by atoms with E-state index in [1.165, 1.54) is 0 Å².